The van der Waals surface area contributed by atoms with Gasteiger partial charge in [-0.2, -0.15) is 4.31 Å². The number of benzene rings is 1. The van der Waals surface area contributed by atoms with Crippen LogP contribution in [0.1, 0.15) is 29.8 Å². The van der Waals surface area contributed by atoms with Crippen molar-refractivity contribution in [2.24, 2.45) is 0 Å². The lowest BCUT2D eigenvalue weighted by Gasteiger charge is -2.36. The second-order valence-corrected chi connectivity index (χ2v) is 10.3. The van der Waals surface area contributed by atoms with Gasteiger partial charge in [0.1, 0.15) is 5.82 Å². The van der Waals surface area contributed by atoms with Crippen LogP contribution in [0.15, 0.2) is 47.5 Å². The predicted molar refractivity (Wildman–Crippen MR) is 124 cm³/mol. The monoisotopic (exact) mass is 474 g/mol. The van der Waals surface area contributed by atoms with E-state index in [-0.39, 0.29) is 23.0 Å². The molecule has 33 heavy (non-hydrogen) atoms. The van der Waals surface area contributed by atoms with Crippen molar-refractivity contribution in [2.45, 2.75) is 37.5 Å². The molecule has 2 aromatic rings. The zero-order chi connectivity index (χ0) is 23.4. The first-order valence-electron chi connectivity index (χ1n) is 11.1. The number of nitrogens with one attached hydrogen (secondary N) is 1. The van der Waals surface area contributed by atoms with Gasteiger partial charge in [-0.15, -0.1) is 0 Å². The van der Waals surface area contributed by atoms with Gasteiger partial charge in [0.2, 0.25) is 10.0 Å². The summed E-state index contributed by atoms with van der Waals surface area (Å²) in [6, 6.07) is 9.92. The summed E-state index contributed by atoms with van der Waals surface area (Å²) in [4.78, 5) is 19.5. The molecule has 3 heterocycles. The average molecular weight is 475 g/mol. The van der Waals surface area contributed by atoms with Gasteiger partial charge in [0, 0.05) is 44.5 Å². The summed E-state index contributed by atoms with van der Waals surface area (Å²) in [6.45, 7) is 7.47. The lowest BCUT2D eigenvalue weighted by molar-refractivity contribution is -0.00546. The van der Waals surface area contributed by atoms with Gasteiger partial charge in [0.25, 0.3) is 5.91 Å². The standard InChI is InChI=1S/C23H30N4O5S/c1-17-15-26(16-18(2)32-17)22-8-3-19(13-24-22)14-25-23(28)20-4-6-21(7-5-20)33(29,30)27-9-11-31-12-10-27/h3-8,13,17-18H,9-12,14-16H2,1-2H3,(H,25,28). The van der Waals surface area contributed by atoms with Gasteiger partial charge in [-0.05, 0) is 49.7 Å². The number of carbonyl (C=O) groups is 1. The molecular formula is C23H30N4O5S. The van der Waals surface area contributed by atoms with Crippen LogP contribution in [0.2, 0.25) is 0 Å². The Labute approximate surface area is 194 Å². The summed E-state index contributed by atoms with van der Waals surface area (Å²) in [6.07, 6.45) is 2.08. The average Bonchev–Trinajstić information content (AvgIpc) is 2.83. The summed E-state index contributed by atoms with van der Waals surface area (Å²) in [5.41, 5.74) is 1.28. The van der Waals surface area contributed by atoms with Crippen LogP contribution in [-0.2, 0) is 26.0 Å². The van der Waals surface area contributed by atoms with Crippen molar-refractivity contribution in [3.8, 4) is 0 Å². The number of morpholine rings is 2. The van der Waals surface area contributed by atoms with Crippen molar-refractivity contribution in [2.75, 3.05) is 44.3 Å². The van der Waals surface area contributed by atoms with Crippen molar-refractivity contribution in [3.05, 3.63) is 53.7 Å². The van der Waals surface area contributed by atoms with E-state index in [0.717, 1.165) is 24.5 Å². The molecule has 10 heteroatoms. The number of carbonyl (C=O) groups excluding carboxylic acids is 1. The maximum absolute atomic E-state index is 12.7. The van der Waals surface area contributed by atoms with Gasteiger partial charge >= 0.3 is 0 Å². The molecule has 2 saturated heterocycles. The largest absolute Gasteiger partial charge is 0.379 e. The van der Waals surface area contributed by atoms with Crippen molar-refractivity contribution < 1.29 is 22.7 Å². The topological polar surface area (TPSA) is 101 Å². The molecule has 0 saturated carbocycles. The number of aromatic nitrogens is 1. The molecule has 1 aromatic heterocycles. The third-order valence-corrected chi connectivity index (χ3v) is 7.64. The number of pyridine rings is 1. The minimum Gasteiger partial charge on any atom is -0.379 e. The smallest absolute Gasteiger partial charge is 0.251 e. The van der Waals surface area contributed by atoms with Gasteiger partial charge in [0.05, 0.1) is 30.3 Å². The number of hydrogen-bond acceptors (Lipinski definition) is 7. The molecule has 0 radical (unpaired) electrons. The van der Waals surface area contributed by atoms with Crippen LogP contribution in [0.5, 0.6) is 0 Å². The highest BCUT2D eigenvalue weighted by Crippen LogP contribution is 2.19. The molecule has 1 N–H and O–H groups in total. The fourth-order valence-electron chi connectivity index (χ4n) is 4.07. The van der Waals surface area contributed by atoms with Gasteiger partial charge in [0.15, 0.2) is 0 Å². The lowest BCUT2D eigenvalue weighted by Crippen LogP contribution is -2.45. The first kappa shape index (κ1) is 23.6. The normalized spacial score (nSPS) is 22.2. The highest BCUT2D eigenvalue weighted by Gasteiger charge is 2.26. The van der Waals surface area contributed by atoms with Gasteiger partial charge in [-0.25, -0.2) is 13.4 Å². The number of anilines is 1. The summed E-state index contributed by atoms with van der Waals surface area (Å²) >= 11 is 0. The predicted octanol–water partition coefficient (Wildman–Crippen LogP) is 1.65. The molecule has 0 spiro atoms. The molecule has 2 aliphatic heterocycles. The maximum atomic E-state index is 12.7. The molecule has 2 unspecified atom stereocenters. The third kappa shape index (κ3) is 5.70. The first-order chi connectivity index (χ1) is 15.8. The third-order valence-electron chi connectivity index (χ3n) is 5.73. The first-order valence-corrected chi connectivity index (χ1v) is 12.6. The Balaban J connectivity index is 1.33. The van der Waals surface area contributed by atoms with Crippen LogP contribution in [0.4, 0.5) is 5.82 Å². The molecule has 2 atom stereocenters. The molecule has 1 amide bonds. The van der Waals surface area contributed by atoms with Crippen LogP contribution >= 0.6 is 0 Å². The Morgan fingerprint density at radius 3 is 2.33 bits per heavy atom. The molecular weight excluding hydrogens is 444 g/mol. The Bertz CT molecular complexity index is 1040. The maximum Gasteiger partial charge on any atom is 0.251 e. The number of hydrogen-bond donors (Lipinski definition) is 1. The van der Waals surface area contributed by atoms with E-state index in [0.29, 0.717) is 38.4 Å². The minimum atomic E-state index is -3.58. The summed E-state index contributed by atoms with van der Waals surface area (Å²) in [5, 5.41) is 2.86. The Hall–Kier alpha value is -2.53. The molecule has 0 aliphatic carbocycles. The second-order valence-electron chi connectivity index (χ2n) is 8.41. The van der Waals surface area contributed by atoms with Crippen LogP contribution < -0.4 is 10.2 Å². The number of rotatable bonds is 6. The number of sulfonamides is 1. The van der Waals surface area contributed by atoms with E-state index in [2.05, 4.69) is 29.0 Å². The highest BCUT2D eigenvalue weighted by atomic mass is 32.2. The second kappa shape index (κ2) is 10.2. The molecule has 9 nitrogen and oxygen atoms in total. The zero-order valence-electron chi connectivity index (χ0n) is 18.9. The van der Waals surface area contributed by atoms with Crippen molar-refractivity contribution >= 4 is 21.7 Å². The van der Waals surface area contributed by atoms with Crippen molar-refractivity contribution in [1.29, 1.82) is 0 Å². The molecule has 4 rings (SSSR count). The molecule has 2 fully saturated rings. The van der Waals surface area contributed by atoms with E-state index in [9.17, 15) is 13.2 Å². The van der Waals surface area contributed by atoms with Crippen LogP contribution in [0.25, 0.3) is 0 Å². The molecule has 0 bridgehead atoms. The van der Waals surface area contributed by atoms with E-state index in [1.165, 1.54) is 28.6 Å². The van der Waals surface area contributed by atoms with Gasteiger partial charge in [-0.3, -0.25) is 4.79 Å². The highest BCUT2D eigenvalue weighted by molar-refractivity contribution is 7.89. The lowest BCUT2D eigenvalue weighted by atomic mass is 10.2. The molecule has 1 aromatic carbocycles. The van der Waals surface area contributed by atoms with E-state index in [4.69, 9.17) is 9.47 Å². The molecule has 178 valence electrons. The Morgan fingerprint density at radius 1 is 1.06 bits per heavy atom. The van der Waals surface area contributed by atoms with Crippen molar-refractivity contribution in [3.63, 3.8) is 0 Å². The van der Waals surface area contributed by atoms with E-state index in [1.807, 2.05) is 12.1 Å². The number of nitrogens with zero attached hydrogens (tertiary/aromatic N) is 3. The van der Waals surface area contributed by atoms with Crippen LogP contribution in [0.3, 0.4) is 0 Å². The number of ether oxygens (including phenoxy) is 2. The summed E-state index contributed by atoms with van der Waals surface area (Å²) in [5.74, 6) is 0.620. The fourth-order valence-corrected chi connectivity index (χ4v) is 5.48. The fraction of sp³-hybridized carbons (Fsp3) is 0.478. The Kier molecular flexibility index (Phi) is 7.28. The SMILES string of the molecule is CC1CN(c2ccc(CNC(=O)c3ccc(S(=O)(=O)N4CCOCC4)cc3)cn2)CC(C)O1. The summed E-state index contributed by atoms with van der Waals surface area (Å²) < 4.78 is 37.8. The van der Waals surface area contributed by atoms with Gasteiger partial charge in [-0.1, -0.05) is 6.07 Å². The van der Waals surface area contributed by atoms with Crippen LogP contribution in [0, 0.1) is 0 Å². The van der Waals surface area contributed by atoms with Crippen LogP contribution in [-0.4, -0.2) is 75.2 Å². The molecule has 2 aliphatic rings. The van der Waals surface area contributed by atoms with E-state index < -0.39 is 10.0 Å². The van der Waals surface area contributed by atoms with Gasteiger partial charge < -0.3 is 19.7 Å². The van der Waals surface area contributed by atoms with E-state index >= 15 is 0 Å². The quantitative estimate of drug-likeness (QED) is 0.679. The van der Waals surface area contributed by atoms with Crippen molar-refractivity contribution in [1.82, 2.24) is 14.6 Å². The zero-order valence-corrected chi connectivity index (χ0v) is 19.8. The minimum absolute atomic E-state index is 0.157. The summed E-state index contributed by atoms with van der Waals surface area (Å²) in [7, 11) is -3.58. The number of amides is 1. The van der Waals surface area contributed by atoms with E-state index in [1.54, 1.807) is 6.20 Å². The Morgan fingerprint density at radius 2 is 1.73 bits per heavy atom.